The van der Waals surface area contributed by atoms with Crippen molar-refractivity contribution in [1.82, 2.24) is 0 Å². The van der Waals surface area contributed by atoms with Crippen LogP contribution in [0.5, 0.6) is 0 Å². The number of benzene rings is 1. The van der Waals surface area contributed by atoms with Crippen molar-refractivity contribution >= 4 is 12.4 Å². The highest BCUT2D eigenvalue weighted by Gasteiger charge is 2.21. The van der Waals surface area contributed by atoms with Crippen LogP contribution in [0.4, 0.5) is 0 Å². The molecule has 0 spiro atoms. The Bertz CT molecular complexity index is 318. The fraction of sp³-hybridized carbons (Fsp3) is 0.571. The van der Waals surface area contributed by atoms with Crippen LogP contribution >= 0.6 is 0 Å². The maximum atomic E-state index is 5.52. The molecule has 0 N–H and O–H groups in total. The quantitative estimate of drug-likeness (QED) is 0.703. The van der Waals surface area contributed by atoms with Gasteiger partial charge >= 0.3 is 6.92 Å². The summed E-state index contributed by atoms with van der Waals surface area (Å²) in [6.07, 6.45) is 0. The predicted molar refractivity (Wildman–Crippen MR) is 72.9 cm³/mol. The minimum Gasteiger partial charge on any atom is -0.434 e. The van der Waals surface area contributed by atoms with Crippen LogP contribution < -0.4 is 5.46 Å². The molecular weight excluding hydrogens is 195 g/mol. The molecule has 0 heterocycles. The second kappa shape index (κ2) is 5.54. The lowest BCUT2D eigenvalue weighted by molar-refractivity contribution is 0.434. The van der Waals surface area contributed by atoms with E-state index < -0.39 is 0 Å². The average molecular weight is 218 g/mol. The van der Waals surface area contributed by atoms with Crippen molar-refractivity contribution in [2.45, 2.75) is 46.4 Å². The first kappa shape index (κ1) is 13.3. The van der Waals surface area contributed by atoms with Crippen LogP contribution in [-0.4, -0.2) is 14.0 Å². The number of hydrogen-bond donors (Lipinski definition) is 0. The zero-order valence-electron chi connectivity index (χ0n) is 11.4. The predicted octanol–water partition coefficient (Wildman–Crippen LogP) is 3.41. The van der Waals surface area contributed by atoms with E-state index in [1.165, 1.54) is 16.6 Å². The van der Waals surface area contributed by atoms with Crippen molar-refractivity contribution in [3.8, 4) is 0 Å². The fourth-order valence-corrected chi connectivity index (χ4v) is 2.20. The van der Waals surface area contributed by atoms with E-state index in [9.17, 15) is 0 Å². The molecule has 0 radical (unpaired) electrons. The third-order valence-electron chi connectivity index (χ3n) is 3.18. The molecular formula is C14H23BO. The highest BCUT2D eigenvalue weighted by atomic mass is 16.4. The van der Waals surface area contributed by atoms with Crippen molar-refractivity contribution in [3.05, 3.63) is 29.3 Å². The Morgan fingerprint density at radius 3 is 1.75 bits per heavy atom. The topological polar surface area (TPSA) is 9.23 Å². The molecule has 2 heteroatoms. The second-order valence-corrected chi connectivity index (χ2v) is 5.04. The molecule has 0 aliphatic rings. The number of rotatable bonds is 4. The molecule has 0 bridgehead atoms. The smallest absolute Gasteiger partial charge is 0.323 e. The number of hydrogen-bond acceptors (Lipinski definition) is 1. The van der Waals surface area contributed by atoms with Crippen LogP contribution in [0.2, 0.25) is 6.82 Å². The molecule has 0 fully saturated rings. The molecule has 0 saturated heterocycles. The van der Waals surface area contributed by atoms with Crippen molar-refractivity contribution in [2.75, 3.05) is 7.11 Å². The van der Waals surface area contributed by atoms with Crippen LogP contribution in [0, 0.1) is 0 Å². The maximum absolute atomic E-state index is 5.52. The van der Waals surface area contributed by atoms with E-state index in [0.717, 1.165) is 0 Å². The maximum Gasteiger partial charge on any atom is 0.323 e. The minimum absolute atomic E-state index is 0.177. The molecule has 1 aromatic rings. The average Bonchev–Trinajstić information content (AvgIpc) is 2.26. The molecule has 0 unspecified atom stereocenters. The van der Waals surface area contributed by atoms with Gasteiger partial charge in [0.25, 0.3) is 0 Å². The first-order chi connectivity index (χ1) is 7.49. The molecule has 0 amide bonds. The summed E-state index contributed by atoms with van der Waals surface area (Å²) in [5.41, 5.74) is 4.22. The summed E-state index contributed by atoms with van der Waals surface area (Å²) in [5, 5.41) is 0. The van der Waals surface area contributed by atoms with Gasteiger partial charge in [0, 0.05) is 7.11 Å². The van der Waals surface area contributed by atoms with E-state index in [1.54, 1.807) is 7.11 Å². The molecule has 0 atom stereocenters. The Kier molecular flexibility index (Phi) is 4.61. The van der Waals surface area contributed by atoms with E-state index in [2.05, 4.69) is 52.7 Å². The molecule has 16 heavy (non-hydrogen) atoms. The lowest BCUT2D eigenvalue weighted by Gasteiger charge is -2.21. The molecule has 0 aromatic heterocycles. The lowest BCUT2D eigenvalue weighted by Crippen LogP contribution is -2.36. The normalized spacial score (nSPS) is 11.2. The van der Waals surface area contributed by atoms with Crippen LogP contribution in [0.15, 0.2) is 18.2 Å². The van der Waals surface area contributed by atoms with Gasteiger partial charge in [-0.15, -0.1) is 0 Å². The summed E-state index contributed by atoms with van der Waals surface area (Å²) in [6.45, 7) is 11.3. The van der Waals surface area contributed by atoms with Gasteiger partial charge in [0.2, 0.25) is 0 Å². The highest BCUT2D eigenvalue weighted by molar-refractivity contribution is 6.67. The third kappa shape index (κ3) is 2.68. The summed E-state index contributed by atoms with van der Waals surface area (Å²) < 4.78 is 5.52. The van der Waals surface area contributed by atoms with Gasteiger partial charge in [-0.3, -0.25) is 0 Å². The van der Waals surface area contributed by atoms with Crippen LogP contribution in [0.25, 0.3) is 0 Å². The molecule has 1 rings (SSSR count). The van der Waals surface area contributed by atoms with Gasteiger partial charge in [-0.25, -0.2) is 0 Å². The Labute approximate surface area is 100 Å². The van der Waals surface area contributed by atoms with Gasteiger partial charge in [-0.1, -0.05) is 52.7 Å². The second-order valence-electron chi connectivity index (χ2n) is 5.04. The monoisotopic (exact) mass is 218 g/mol. The minimum atomic E-state index is 0.177. The van der Waals surface area contributed by atoms with Crippen molar-refractivity contribution in [3.63, 3.8) is 0 Å². The van der Waals surface area contributed by atoms with Crippen molar-refractivity contribution < 1.29 is 4.65 Å². The SMILES string of the molecule is COB(C)c1c(C(C)C)cccc1C(C)C. The molecule has 88 valence electrons. The first-order valence-corrected chi connectivity index (χ1v) is 6.14. The van der Waals surface area contributed by atoms with E-state index in [0.29, 0.717) is 11.8 Å². The van der Waals surface area contributed by atoms with Crippen LogP contribution in [0.3, 0.4) is 0 Å². The summed E-state index contributed by atoms with van der Waals surface area (Å²) in [7, 11) is 1.78. The lowest BCUT2D eigenvalue weighted by atomic mass is 9.58. The van der Waals surface area contributed by atoms with E-state index in [4.69, 9.17) is 4.65 Å². The largest absolute Gasteiger partial charge is 0.434 e. The Morgan fingerprint density at radius 2 is 1.44 bits per heavy atom. The zero-order valence-corrected chi connectivity index (χ0v) is 11.4. The van der Waals surface area contributed by atoms with Gasteiger partial charge in [0.05, 0.1) is 0 Å². The van der Waals surface area contributed by atoms with E-state index >= 15 is 0 Å². The van der Waals surface area contributed by atoms with Gasteiger partial charge in [0.1, 0.15) is 0 Å². The fourth-order valence-electron chi connectivity index (χ4n) is 2.20. The molecule has 1 aromatic carbocycles. The third-order valence-corrected chi connectivity index (χ3v) is 3.18. The van der Waals surface area contributed by atoms with E-state index in [-0.39, 0.29) is 6.92 Å². The molecule has 0 aliphatic heterocycles. The van der Waals surface area contributed by atoms with Gasteiger partial charge < -0.3 is 4.65 Å². The standard InChI is InChI=1S/C14H23BO/c1-10(2)12-8-7-9-13(11(3)4)14(12)15(5)16-6/h7-11H,1-6H3. The van der Waals surface area contributed by atoms with E-state index in [1.807, 2.05) is 0 Å². The Morgan fingerprint density at radius 1 is 1.00 bits per heavy atom. The molecule has 1 nitrogen and oxygen atoms in total. The van der Waals surface area contributed by atoms with Crippen molar-refractivity contribution in [1.29, 1.82) is 0 Å². The van der Waals surface area contributed by atoms with Crippen LogP contribution in [-0.2, 0) is 4.65 Å². The van der Waals surface area contributed by atoms with Gasteiger partial charge in [-0.05, 0) is 28.4 Å². The molecule has 0 saturated carbocycles. The first-order valence-electron chi connectivity index (χ1n) is 6.14. The zero-order chi connectivity index (χ0) is 12.3. The Balaban J connectivity index is 3.34. The molecule has 0 aliphatic carbocycles. The van der Waals surface area contributed by atoms with Crippen molar-refractivity contribution in [2.24, 2.45) is 0 Å². The van der Waals surface area contributed by atoms with Gasteiger partial charge in [-0.2, -0.15) is 0 Å². The van der Waals surface area contributed by atoms with Crippen LogP contribution in [0.1, 0.15) is 50.7 Å². The highest BCUT2D eigenvalue weighted by Crippen LogP contribution is 2.20. The summed E-state index contributed by atoms with van der Waals surface area (Å²) >= 11 is 0. The van der Waals surface area contributed by atoms with Gasteiger partial charge in [0.15, 0.2) is 0 Å². The summed E-state index contributed by atoms with van der Waals surface area (Å²) in [5.74, 6) is 1.09. The summed E-state index contributed by atoms with van der Waals surface area (Å²) in [4.78, 5) is 0. The Hall–Kier alpha value is -0.755. The summed E-state index contributed by atoms with van der Waals surface area (Å²) in [6, 6.07) is 6.61.